The Balaban J connectivity index is 1.08. The average molecular weight is 654 g/mol. The van der Waals surface area contributed by atoms with Crippen molar-refractivity contribution in [3.8, 4) is 0 Å². The molecule has 4 heteroatoms. The van der Waals surface area contributed by atoms with Gasteiger partial charge in [-0.15, -0.1) is 0 Å². The summed E-state index contributed by atoms with van der Waals surface area (Å²) in [4.78, 5) is 3.91. The predicted molar refractivity (Wildman–Crippen MR) is 207 cm³/mol. The highest BCUT2D eigenvalue weighted by Crippen LogP contribution is 2.46. The molecule has 3 atom stereocenters. The molecule has 3 nitrogen and oxygen atoms in total. The Morgan fingerprint density at radius 3 is 2.06 bits per heavy atom. The molecule has 0 fully saturated rings. The molecule has 0 radical (unpaired) electrons. The fourth-order valence-electron chi connectivity index (χ4n) is 7.81. The third-order valence-electron chi connectivity index (χ3n) is 10.4. The van der Waals surface area contributed by atoms with E-state index in [1.807, 2.05) is 11.8 Å². The Hall–Kier alpha value is -5.19. The molecule has 49 heavy (non-hydrogen) atoms. The molecule has 2 N–H and O–H groups in total. The summed E-state index contributed by atoms with van der Waals surface area (Å²) in [5.74, 6) is 0. The average Bonchev–Trinajstić information content (AvgIpc) is 3.76. The van der Waals surface area contributed by atoms with Crippen LogP contribution in [0.1, 0.15) is 69.2 Å². The Kier molecular flexibility index (Phi) is 7.74. The Morgan fingerprint density at radius 2 is 1.33 bits per heavy atom. The summed E-state index contributed by atoms with van der Waals surface area (Å²) in [5.41, 5.74) is 15.2. The van der Waals surface area contributed by atoms with Crippen molar-refractivity contribution in [2.75, 3.05) is 11.9 Å². The molecule has 3 heterocycles. The lowest BCUT2D eigenvalue weighted by atomic mass is 9.84. The molecule has 0 aromatic heterocycles. The summed E-state index contributed by atoms with van der Waals surface area (Å²) in [6.45, 7) is 0. The van der Waals surface area contributed by atoms with Crippen LogP contribution in [0.2, 0.25) is 0 Å². The van der Waals surface area contributed by atoms with Crippen molar-refractivity contribution in [1.82, 2.24) is 10.6 Å². The number of nitrogens with zero attached hydrogens (tertiary/aromatic N) is 1. The van der Waals surface area contributed by atoms with Crippen molar-refractivity contribution in [3.05, 3.63) is 201 Å². The fraction of sp³-hybridized carbons (Fsp3) is 0.156. The van der Waals surface area contributed by atoms with Crippen molar-refractivity contribution < 1.29 is 0 Å². The van der Waals surface area contributed by atoms with E-state index < -0.39 is 0 Å². The third-order valence-corrected chi connectivity index (χ3v) is 11.8. The lowest BCUT2D eigenvalue weighted by molar-refractivity contribution is 0.714. The maximum absolute atomic E-state index is 4.09. The zero-order chi connectivity index (χ0) is 32.7. The molecular formula is C45H39N3S. The highest BCUT2D eigenvalue weighted by Gasteiger charge is 2.30. The highest BCUT2D eigenvalue weighted by atomic mass is 32.2. The number of anilines is 1. The van der Waals surface area contributed by atoms with Crippen LogP contribution in [0.5, 0.6) is 0 Å². The summed E-state index contributed by atoms with van der Waals surface area (Å²) in [7, 11) is 2.22. The van der Waals surface area contributed by atoms with E-state index in [4.69, 9.17) is 0 Å². The SMILES string of the molecule is CN1c2ccccc2CC1c1ccc(C2NC(c3ccc(C4NC5=C(CCC=C5)S4)cc3)=C(c3ccccc3)C=C2c2ccccc2)cc1. The van der Waals surface area contributed by atoms with Crippen molar-refractivity contribution in [2.45, 2.75) is 36.7 Å². The van der Waals surface area contributed by atoms with Gasteiger partial charge in [0.05, 0.1) is 17.8 Å². The van der Waals surface area contributed by atoms with Gasteiger partial charge in [-0.2, -0.15) is 0 Å². The van der Waals surface area contributed by atoms with Gasteiger partial charge in [0.15, 0.2) is 0 Å². The van der Waals surface area contributed by atoms with Crippen LogP contribution >= 0.6 is 11.8 Å². The van der Waals surface area contributed by atoms with E-state index in [0.29, 0.717) is 6.04 Å². The summed E-state index contributed by atoms with van der Waals surface area (Å²) < 4.78 is 0. The maximum atomic E-state index is 4.09. The van der Waals surface area contributed by atoms with Crippen LogP contribution in [0.25, 0.3) is 16.8 Å². The first-order chi connectivity index (χ1) is 24.2. The Morgan fingerprint density at radius 1 is 0.653 bits per heavy atom. The van der Waals surface area contributed by atoms with Gasteiger partial charge in [-0.25, -0.2) is 0 Å². The normalized spacial score (nSPS) is 21.2. The second kappa shape index (κ2) is 12.7. The number of thioether (sulfide) groups is 1. The molecule has 0 saturated carbocycles. The molecule has 0 bridgehead atoms. The molecule has 0 saturated heterocycles. The minimum absolute atomic E-state index is 0.00754. The van der Waals surface area contributed by atoms with Crippen molar-refractivity contribution in [3.63, 3.8) is 0 Å². The number of rotatable bonds is 6. The molecule has 4 aliphatic rings. The molecule has 1 aliphatic carbocycles. The second-order valence-corrected chi connectivity index (χ2v) is 14.6. The second-order valence-electron chi connectivity index (χ2n) is 13.4. The number of para-hydroxylation sites is 1. The summed E-state index contributed by atoms with van der Waals surface area (Å²) in [6.07, 6.45) is 10.3. The van der Waals surface area contributed by atoms with E-state index in [1.54, 1.807) is 0 Å². The van der Waals surface area contributed by atoms with Gasteiger partial charge in [0, 0.05) is 28.9 Å². The van der Waals surface area contributed by atoms with Gasteiger partial charge in [0.2, 0.25) is 0 Å². The van der Waals surface area contributed by atoms with Crippen LogP contribution in [0.15, 0.2) is 162 Å². The maximum Gasteiger partial charge on any atom is 0.102 e. The lowest BCUT2D eigenvalue weighted by Gasteiger charge is -2.32. The smallest absolute Gasteiger partial charge is 0.102 e. The van der Waals surface area contributed by atoms with Gasteiger partial charge >= 0.3 is 0 Å². The van der Waals surface area contributed by atoms with Gasteiger partial charge in [0.1, 0.15) is 5.37 Å². The topological polar surface area (TPSA) is 27.3 Å². The number of fused-ring (bicyclic) bond motifs is 1. The molecule has 5 aromatic carbocycles. The van der Waals surface area contributed by atoms with Crippen molar-refractivity contribution >= 4 is 34.3 Å². The zero-order valence-corrected chi connectivity index (χ0v) is 28.5. The monoisotopic (exact) mass is 653 g/mol. The van der Waals surface area contributed by atoms with Crippen LogP contribution in [-0.4, -0.2) is 7.05 Å². The van der Waals surface area contributed by atoms with E-state index in [-0.39, 0.29) is 11.4 Å². The van der Waals surface area contributed by atoms with Gasteiger partial charge < -0.3 is 15.5 Å². The first-order valence-electron chi connectivity index (χ1n) is 17.4. The summed E-state index contributed by atoms with van der Waals surface area (Å²) >= 11 is 1.97. The minimum atomic E-state index is -0.00754. The number of hydrogen-bond acceptors (Lipinski definition) is 4. The van der Waals surface area contributed by atoms with Gasteiger partial charge in [-0.05, 0) is 82.0 Å². The van der Waals surface area contributed by atoms with Gasteiger partial charge in [-0.3, -0.25) is 0 Å². The van der Waals surface area contributed by atoms with Crippen LogP contribution in [0, 0.1) is 0 Å². The molecule has 5 aromatic rings. The fourth-order valence-corrected chi connectivity index (χ4v) is 9.07. The number of benzene rings is 5. The molecule has 9 rings (SSSR count). The largest absolute Gasteiger partial charge is 0.373 e. The number of allylic oxidation sites excluding steroid dienone is 5. The molecule has 240 valence electrons. The molecule has 0 amide bonds. The minimum Gasteiger partial charge on any atom is -0.373 e. The molecule has 3 unspecified atom stereocenters. The first kappa shape index (κ1) is 29.9. The lowest BCUT2D eigenvalue weighted by Crippen LogP contribution is -2.26. The standard InChI is InChI=1S/C45H39N3S/c1-48-40-18-10-8-16-36(40)28-41(48)32-20-22-33(23-21-32)43-37(30-12-4-2-5-13-30)29-38(31-14-6-3-7-15-31)44(47-43)34-24-26-35(27-25-34)45-46-39-17-9-11-19-42(39)49-45/h2-10,12-18,20-27,29,41,43,45-47H,11,19,28H2,1H3. The van der Waals surface area contributed by atoms with E-state index in [0.717, 1.165) is 25.0 Å². The van der Waals surface area contributed by atoms with Crippen molar-refractivity contribution in [2.24, 2.45) is 0 Å². The number of likely N-dealkylation sites (N-methyl/N-ethyl adjacent to an activating group) is 1. The summed E-state index contributed by atoms with van der Waals surface area (Å²) in [6, 6.07) is 49.3. The van der Waals surface area contributed by atoms with Crippen LogP contribution in [0.3, 0.4) is 0 Å². The van der Waals surface area contributed by atoms with Crippen LogP contribution in [-0.2, 0) is 6.42 Å². The van der Waals surface area contributed by atoms with Crippen molar-refractivity contribution in [1.29, 1.82) is 0 Å². The number of hydrogen-bond donors (Lipinski definition) is 2. The van der Waals surface area contributed by atoms with Gasteiger partial charge in [-0.1, -0.05) is 145 Å². The van der Waals surface area contributed by atoms with E-state index in [1.165, 1.54) is 66.4 Å². The van der Waals surface area contributed by atoms with Crippen LogP contribution < -0.4 is 15.5 Å². The van der Waals surface area contributed by atoms with E-state index in [9.17, 15) is 0 Å². The van der Waals surface area contributed by atoms with Gasteiger partial charge in [0.25, 0.3) is 0 Å². The quantitative estimate of drug-likeness (QED) is 0.191. The molecule has 3 aliphatic heterocycles. The Bertz CT molecular complexity index is 2130. The predicted octanol–water partition coefficient (Wildman–Crippen LogP) is 10.6. The molecular weight excluding hydrogens is 615 g/mol. The molecule has 0 spiro atoms. The van der Waals surface area contributed by atoms with E-state index in [2.05, 4.69) is 174 Å². The third kappa shape index (κ3) is 5.60. The number of dihydropyridines is 1. The van der Waals surface area contributed by atoms with E-state index >= 15 is 0 Å². The zero-order valence-electron chi connectivity index (χ0n) is 27.6. The summed E-state index contributed by atoms with van der Waals surface area (Å²) in [5, 5.41) is 8.09. The Labute approximate surface area is 293 Å². The van der Waals surface area contributed by atoms with Crippen LogP contribution in [0.4, 0.5) is 5.69 Å². The number of nitrogens with one attached hydrogen (secondary N) is 2. The highest BCUT2D eigenvalue weighted by molar-refractivity contribution is 8.03. The first-order valence-corrected chi connectivity index (χ1v) is 18.2.